The van der Waals surface area contributed by atoms with Crippen LogP contribution in [-0.2, 0) is 4.79 Å². The van der Waals surface area contributed by atoms with Gasteiger partial charge >= 0.3 is 0 Å². The summed E-state index contributed by atoms with van der Waals surface area (Å²) in [6.45, 7) is 7.45. The number of amides is 2. The fraction of sp³-hybridized carbons (Fsp3) is 0.636. The van der Waals surface area contributed by atoms with Gasteiger partial charge in [0.05, 0.1) is 13.0 Å². The third kappa shape index (κ3) is 5.21. The summed E-state index contributed by atoms with van der Waals surface area (Å²) in [5.41, 5.74) is 5.99. The van der Waals surface area contributed by atoms with Crippen LogP contribution in [0.1, 0.15) is 49.9 Å². The SMILES string of the molecule is COc1ccc(C(=O)N2CCC[C@@H](C(N)=O)C2)cc1OC1CCN(C(C)C)CC1. The molecule has 2 heterocycles. The van der Waals surface area contributed by atoms with Crippen molar-refractivity contribution in [3.63, 3.8) is 0 Å². The van der Waals surface area contributed by atoms with Crippen molar-refractivity contribution in [1.29, 1.82) is 0 Å². The van der Waals surface area contributed by atoms with Gasteiger partial charge in [0.2, 0.25) is 5.91 Å². The lowest BCUT2D eigenvalue weighted by atomic mass is 9.97. The minimum absolute atomic E-state index is 0.0990. The minimum atomic E-state index is -0.339. The molecule has 0 aliphatic carbocycles. The van der Waals surface area contributed by atoms with Crippen LogP contribution in [0, 0.1) is 5.92 Å². The molecule has 0 bridgehead atoms. The molecule has 0 radical (unpaired) electrons. The zero-order chi connectivity index (χ0) is 21.0. The van der Waals surface area contributed by atoms with Crippen LogP contribution in [-0.4, -0.2) is 67.0 Å². The number of carbonyl (C=O) groups excluding carboxylic acids is 2. The van der Waals surface area contributed by atoms with E-state index in [0.29, 0.717) is 36.2 Å². The standard InChI is InChI=1S/C22H33N3O4/c1-15(2)24-11-8-18(9-12-24)29-20-13-16(6-7-19(20)28-3)22(27)25-10-4-5-17(14-25)21(23)26/h6-7,13,15,17-18H,4-5,8-12,14H2,1-3H3,(H2,23,26)/t17-/m1/s1. The Balaban J connectivity index is 1.70. The number of ether oxygens (including phenoxy) is 2. The number of likely N-dealkylation sites (tertiary alicyclic amines) is 2. The zero-order valence-electron chi connectivity index (χ0n) is 17.7. The molecule has 2 amide bonds. The molecule has 1 aromatic rings. The Kier molecular flexibility index (Phi) is 7.00. The van der Waals surface area contributed by atoms with E-state index < -0.39 is 0 Å². The molecule has 2 saturated heterocycles. The van der Waals surface area contributed by atoms with Crippen LogP contribution >= 0.6 is 0 Å². The van der Waals surface area contributed by atoms with E-state index in [-0.39, 0.29) is 23.8 Å². The predicted octanol–water partition coefficient (Wildman–Crippen LogP) is 2.28. The second-order valence-electron chi connectivity index (χ2n) is 8.31. The Bertz CT molecular complexity index is 729. The number of piperidine rings is 2. The van der Waals surface area contributed by atoms with Crippen LogP contribution in [0.4, 0.5) is 0 Å². The fourth-order valence-electron chi connectivity index (χ4n) is 4.17. The van der Waals surface area contributed by atoms with Crippen molar-refractivity contribution in [2.24, 2.45) is 11.7 Å². The van der Waals surface area contributed by atoms with Gasteiger partial charge in [-0.05, 0) is 57.7 Å². The van der Waals surface area contributed by atoms with Crippen LogP contribution in [0.15, 0.2) is 18.2 Å². The minimum Gasteiger partial charge on any atom is -0.493 e. The molecule has 2 N–H and O–H groups in total. The number of rotatable bonds is 6. The molecule has 7 nitrogen and oxygen atoms in total. The molecule has 0 unspecified atom stereocenters. The molecular weight excluding hydrogens is 370 g/mol. The van der Waals surface area contributed by atoms with E-state index in [4.69, 9.17) is 15.2 Å². The molecule has 0 aromatic heterocycles. The number of hydrogen-bond donors (Lipinski definition) is 1. The second kappa shape index (κ2) is 9.48. The third-order valence-electron chi connectivity index (χ3n) is 6.02. The van der Waals surface area contributed by atoms with Crippen molar-refractivity contribution in [3.05, 3.63) is 23.8 Å². The number of carbonyl (C=O) groups is 2. The highest BCUT2D eigenvalue weighted by molar-refractivity contribution is 5.95. The number of benzene rings is 1. The van der Waals surface area contributed by atoms with Crippen LogP contribution in [0.25, 0.3) is 0 Å². The first-order valence-corrected chi connectivity index (χ1v) is 10.6. The highest BCUT2D eigenvalue weighted by Gasteiger charge is 2.28. The summed E-state index contributed by atoms with van der Waals surface area (Å²) >= 11 is 0. The van der Waals surface area contributed by atoms with Gasteiger partial charge in [-0.2, -0.15) is 0 Å². The average Bonchev–Trinajstić information content (AvgIpc) is 2.73. The number of primary amides is 1. The van der Waals surface area contributed by atoms with E-state index in [9.17, 15) is 9.59 Å². The molecule has 1 atom stereocenters. The summed E-state index contributed by atoms with van der Waals surface area (Å²) in [5.74, 6) is 0.520. The summed E-state index contributed by atoms with van der Waals surface area (Å²) in [6.07, 6.45) is 3.54. The maximum absolute atomic E-state index is 13.0. The monoisotopic (exact) mass is 403 g/mol. The smallest absolute Gasteiger partial charge is 0.254 e. The highest BCUT2D eigenvalue weighted by atomic mass is 16.5. The molecule has 160 valence electrons. The van der Waals surface area contributed by atoms with Gasteiger partial charge in [0.1, 0.15) is 6.10 Å². The summed E-state index contributed by atoms with van der Waals surface area (Å²) in [6, 6.07) is 5.84. The van der Waals surface area contributed by atoms with Gasteiger partial charge in [0, 0.05) is 37.8 Å². The van der Waals surface area contributed by atoms with Gasteiger partial charge in [-0.3, -0.25) is 9.59 Å². The normalized spacial score (nSPS) is 21.2. The predicted molar refractivity (Wildman–Crippen MR) is 111 cm³/mol. The Morgan fingerprint density at radius 3 is 2.45 bits per heavy atom. The first-order chi connectivity index (χ1) is 13.9. The molecule has 3 rings (SSSR count). The van der Waals surface area contributed by atoms with Gasteiger partial charge < -0.3 is 25.0 Å². The Labute approximate surface area is 173 Å². The van der Waals surface area contributed by atoms with E-state index in [1.165, 1.54) is 0 Å². The van der Waals surface area contributed by atoms with Crippen molar-refractivity contribution in [3.8, 4) is 11.5 Å². The zero-order valence-corrected chi connectivity index (χ0v) is 17.7. The molecule has 0 spiro atoms. The van der Waals surface area contributed by atoms with E-state index in [1.54, 1.807) is 30.2 Å². The van der Waals surface area contributed by atoms with E-state index >= 15 is 0 Å². The second-order valence-corrected chi connectivity index (χ2v) is 8.31. The number of nitrogens with zero attached hydrogens (tertiary/aromatic N) is 2. The molecule has 2 aliphatic rings. The van der Waals surface area contributed by atoms with Crippen LogP contribution in [0.2, 0.25) is 0 Å². The molecule has 1 aromatic carbocycles. The molecule has 29 heavy (non-hydrogen) atoms. The third-order valence-corrected chi connectivity index (χ3v) is 6.02. The van der Waals surface area contributed by atoms with Crippen molar-refractivity contribution < 1.29 is 19.1 Å². The molecule has 7 heteroatoms. The summed E-state index contributed by atoms with van der Waals surface area (Å²) in [7, 11) is 1.60. The number of methoxy groups -OCH3 is 1. The highest BCUT2D eigenvalue weighted by Crippen LogP contribution is 2.32. The molecule has 0 saturated carbocycles. The first kappa shape index (κ1) is 21.4. The summed E-state index contributed by atoms with van der Waals surface area (Å²) < 4.78 is 11.7. The van der Waals surface area contributed by atoms with Crippen molar-refractivity contribution in [2.45, 2.75) is 51.7 Å². The Hall–Kier alpha value is -2.28. The molecule has 2 aliphatic heterocycles. The van der Waals surface area contributed by atoms with E-state index in [2.05, 4.69) is 18.7 Å². The van der Waals surface area contributed by atoms with Crippen LogP contribution < -0.4 is 15.2 Å². The lowest BCUT2D eigenvalue weighted by molar-refractivity contribution is -0.123. The number of nitrogens with two attached hydrogens (primary N) is 1. The summed E-state index contributed by atoms with van der Waals surface area (Å²) in [5, 5.41) is 0. The van der Waals surface area contributed by atoms with Crippen LogP contribution in [0.5, 0.6) is 11.5 Å². The largest absolute Gasteiger partial charge is 0.493 e. The summed E-state index contributed by atoms with van der Waals surface area (Å²) in [4.78, 5) is 28.7. The average molecular weight is 404 g/mol. The van der Waals surface area contributed by atoms with Crippen molar-refractivity contribution in [2.75, 3.05) is 33.3 Å². The quantitative estimate of drug-likeness (QED) is 0.788. The van der Waals surface area contributed by atoms with Gasteiger partial charge in [-0.25, -0.2) is 0 Å². The molecule has 2 fully saturated rings. The van der Waals surface area contributed by atoms with Gasteiger partial charge in [-0.15, -0.1) is 0 Å². The fourth-order valence-corrected chi connectivity index (χ4v) is 4.17. The van der Waals surface area contributed by atoms with E-state index in [1.807, 2.05) is 0 Å². The maximum atomic E-state index is 13.0. The lowest BCUT2D eigenvalue weighted by Crippen LogP contribution is -2.44. The first-order valence-electron chi connectivity index (χ1n) is 10.6. The van der Waals surface area contributed by atoms with Gasteiger partial charge in [0.15, 0.2) is 11.5 Å². The maximum Gasteiger partial charge on any atom is 0.254 e. The Morgan fingerprint density at radius 2 is 1.83 bits per heavy atom. The molecular formula is C22H33N3O4. The van der Waals surface area contributed by atoms with Crippen LogP contribution in [0.3, 0.4) is 0 Å². The lowest BCUT2D eigenvalue weighted by Gasteiger charge is -2.35. The van der Waals surface area contributed by atoms with Gasteiger partial charge in [-0.1, -0.05) is 0 Å². The van der Waals surface area contributed by atoms with E-state index in [0.717, 1.165) is 38.8 Å². The van der Waals surface area contributed by atoms with Crippen molar-refractivity contribution in [1.82, 2.24) is 9.80 Å². The van der Waals surface area contributed by atoms with Crippen molar-refractivity contribution >= 4 is 11.8 Å². The Morgan fingerprint density at radius 1 is 1.10 bits per heavy atom. The number of hydrogen-bond acceptors (Lipinski definition) is 5. The van der Waals surface area contributed by atoms with Gasteiger partial charge in [0.25, 0.3) is 5.91 Å². The topological polar surface area (TPSA) is 85.1 Å².